The molecule has 1 saturated heterocycles. The van der Waals surface area contributed by atoms with E-state index < -0.39 is 19.9 Å². The van der Waals surface area contributed by atoms with Crippen LogP contribution in [0.25, 0.3) is 0 Å². The van der Waals surface area contributed by atoms with Crippen LogP contribution in [0.1, 0.15) is 5.56 Å². The van der Waals surface area contributed by atoms with Crippen molar-refractivity contribution in [3.63, 3.8) is 0 Å². The monoisotopic (exact) mass is 486 g/mol. The van der Waals surface area contributed by atoms with E-state index in [1.54, 1.807) is 0 Å². The quantitative estimate of drug-likeness (QED) is 0.509. The highest BCUT2D eigenvalue weighted by molar-refractivity contribution is 7.90. The molecule has 33 heavy (non-hydrogen) atoms. The first-order chi connectivity index (χ1) is 15.7. The molecule has 7 nitrogen and oxygen atoms in total. The smallest absolute Gasteiger partial charge is 0.243 e. The van der Waals surface area contributed by atoms with Crippen LogP contribution in [-0.4, -0.2) is 58.5 Å². The molecule has 174 valence electrons. The molecule has 0 N–H and O–H groups in total. The van der Waals surface area contributed by atoms with Gasteiger partial charge in [-0.1, -0.05) is 30.3 Å². The van der Waals surface area contributed by atoms with Crippen molar-refractivity contribution in [1.82, 2.24) is 9.21 Å². The first-order valence-electron chi connectivity index (χ1n) is 10.6. The van der Waals surface area contributed by atoms with E-state index in [1.807, 2.05) is 54.6 Å². The maximum atomic E-state index is 12.9. The Hall–Kier alpha value is -2.72. The van der Waals surface area contributed by atoms with E-state index in [0.29, 0.717) is 26.2 Å². The van der Waals surface area contributed by atoms with E-state index in [0.717, 1.165) is 29.9 Å². The number of sulfone groups is 1. The van der Waals surface area contributed by atoms with Gasteiger partial charge in [-0.3, -0.25) is 4.90 Å². The van der Waals surface area contributed by atoms with E-state index in [1.165, 1.54) is 28.6 Å². The summed E-state index contributed by atoms with van der Waals surface area (Å²) in [6.07, 6.45) is 1.10. The van der Waals surface area contributed by atoms with Gasteiger partial charge in [-0.25, -0.2) is 16.8 Å². The predicted molar refractivity (Wildman–Crippen MR) is 127 cm³/mol. The standard InChI is InChI=1S/C24H26N2O5S2/c1-32(27,28)23-11-13-24(14-12-23)33(29,30)26-17-15-25(16-18-26)19-20-7-9-22(10-8-20)31-21-5-3-2-4-6-21/h2-14H,15-19H2,1H3. The second-order valence-corrected chi connectivity index (χ2v) is 11.9. The van der Waals surface area contributed by atoms with Gasteiger partial charge in [-0.05, 0) is 54.1 Å². The predicted octanol–water partition coefficient (Wildman–Crippen LogP) is 3.39. The molecule has 1 aliphatic rings. The number of hydrogen-bond acceptors (Lipinski definition) is 6. The van der Waals surface area contributed by atoms with Crippen LogP contribution in [-0.2, 0) is 26.4 Å². The Morgan fingerprint density at radius 2 is 1.24 bits per heavy atom. The fourth-order valence-corrected chi connectivity index (χ4v) is 5.73. The number of para-hydroxylation sites is 1. The SMILES string of the molecule is CS(=O)(=O)c1ccc(S(=O)(=O)N2CCN(Cc3ccc(Oc4ccccc4)cc3)CC2)cc1. The lowest BCUT2D eigenvalue weighted by Gasteiger charge is -2.34. The van der Waals surface area contributed by atoms with Crippen molar-refractivity contribution in [2.75, 3.05) is 32.4 Å². The van der Waals surface area contributed by atoms with Crippen LogP contribution < -0.4 is 4.74 Å². The Bertz CT molecular complexity index is 1280. The minimum absolute atomic E-state index is 0.103. The minimum atomic E-state index is -3.66. The van der Waals surface area contributed by atoms with Crippen LogP contribution in [0, 0.1) is 0 Å². The fraction of sp³-hybridized carbons (Fsp3) is 0.250. The third-order valence-corrected chi connectivity index (χ3v) is 8.57. The zero-order valence-corrected chi connectivity index (χ0v) is 19.9. The number of rotatable bonds is 7. The molecule has 0 radical (unpaired) electrons. The molecule has 9 heteroatoms. The molecule has 0 atom stereocenters. The van der Waals surface area contributed by atoms with Crippen molar-refractivity contribution in [1.29, 1.82) is 0 Å². The summed E-state index contributed by atoms with van der Waals surface area (Å²) in [5, 5.41) is 0. The molecular weight excluding hydrogens is 460 g/mol. The van der Waals surface area contributed by atoms with Crippen LogP contribution in [0.15, 0.2) is 88.7 Å². The number of sulfonamides is 1. The second kappa shape index (κ2) is 9.64. The first-order valence-corrected chi connectivity index (χ1v) is 13.9. The first kappa shape index (κ1) is 23.4. The summed E-state index contributed by atoms with van der Waals surface area (Å²) < 4.78 is 56.4. The van der Waals surface area contributed by atoms with Crippen LogP contribution in [0.5, 0.6) is 11.5 Å². The molecule has 0 unspecified atom stereocenters. The summed E-state index contributed by atoms with van der Waals surface area (Å²) in [7, 11) is -7.03. The van der Waals surface area contributed by atoms with E-state index >= 15 is 0 Å². The Labute approximate surface area is 195 Å². The van der Waals surface area contributed by atoms with Crippen LogP contribution in [0.3, 0.4) is 0 Å². The molecule has 1 aliphatic heterocycles. The summed E-state index contributed by atoms with van der Waals surface area (Å²) >= 11 is 0. The molecular formula is C24H26N2O5S2. The molecule has 0 aliphatic carbocycles. The number of ether oxygens (including phenoxy) is 1. The molecule has 3 aromatic rings. The molecule has 0 amide bonds. The van der Waals surface area contributed by atoms with Gasteiger partial charge in [0.2, 0.25) is 10.0 Å². The summed E-state index contributed by atoms with van der Waals surface area (Å²) in [5.74, 6) is 1.55. The van der Waals surface area contributed by atoms with Crippen LogP contribution in [0.2, 0.25) is 0 Å². The van der Waals surface area contributed by atoms with E-state index in [2.05, 4.69) is 4.90 Å². The summed E-state index contributed by atoms with van der Waals surface area (Å²) in [6.45, 7) is 2.71. The third kappa shape index (κ3) is 5.80. The van der Waals surface area contributed by atoms with Gasteiger partial charge in [0.15, 0.2) is 9.84 Å². The average molecular weight is 487 g/mol. The molecule has 1 fully saturated rings. The van der Waals surface area contributed by atoms with Crippen LogP contribution in [0.4, 0.5) is 0 Å². The topological polar surface area (TPSA) is 84.0 Å². The van der Waals surface area contributed by atoms with Crippen molar-refractivity contribution in [3.8, 4) is 11.5 Å². The zero-order chi connectivity index (χ0) is 23.5. The molecule has 0 spiro atoms. The van der Waals surface area contributed by atoms with Gasteiger partial charge in [0.1, 0.15) is 11.5 Å². The van der Waals surface area contributed by atoms with Crippen molar-refractivity contribution in [3.05, 3.63) is 84.4 Å². The lowest BCUT2D eigenvalue weighted by Crippen LogP contribution is -2.48. The highest BCUT2D eigenvalue weighted by Crippen LogP contribution is 2.23. The van der Waals surface area contributed by atoms with Crippen LogP contribution >= 0.6 is 0 Å². The zero-order valence-electron chi connectivity index (χ0n) is 18.3. The molecule has 0 aromatic heterocycles. The number of nitrogens with zero attached hydrogens (tertiary/aromatic N) is 2. The number of hydrogen-bond donors (Lipinski definition) is 0. The Kier molecular flexibility index (Phi) is 6.85. The average Bonchev–Trinajstić information content (AvgIpc) is 2.81. The minimum Gasteiger partial charge on any atom is -0.457 e. The second-order valence-electron chi connectivity index (χ2n) is 7.98. The van der Waals surface area contributed by atoms with E-state index in [4.69, 9.17) is 4.74 Å². The highest BCUT2D eigenvalue weighted by atomic mass is 32.2. The lowest BCUT2D eigenvalue weighted by molar-refractivity contribution is 0.181. The molecule has 3 aromatic carbocycles. The van der Waals surface area contributed by atoms with Crippen molar-refractivity contribution in [2.45, 2.75) is 16.3 Å². The molecule has 0 saturated carbocycles. The van der Waals surface area contributed by atoms with Crippen molar-refractivity contribution >= 4 is 19.9 Å². The van der Waals surface area contributed by atoms with Gasteiger partial charge in [0, 0.05) is 39.0 Å². The Balaban J connectivity index is 1.33. The number of piperazine rings is 1. The van der Waals surface area contributed by atoms with Gasteiger partial charge >= 0.3 is 0 Å². The number of benzene rings is 3. The van der Waals surface area contributed by atoms with Gasteiger partial charge < -0.3 is 4.74 Å². The maximum Gasteiger partial charge on any atom is 0.243 e. The lowest BCUT2D eigenvalue weighted by atomic mass is 10.2. The van der Waals surface area contributed by atoms with E-state index in [9.17, 15) is 16.8 Å². The third-order valence-electron chi connectivity index (χ3n) is 5.53. The van der Waals surface area contributed by atoms with Gasteiger partial charge in [-0.2, -0.15) is 4.31 Å². The Morgan fingerprint density at radius 3 is 1.82 bits per heavy atom. The van der Waals surface area contributed by atoms with Crippen molar-refractivity contribution in [2.24, 2.45) is 0 Å². The van der Waals surface area contributed by atoms with Crippen molar-refractivity contribution < 1.29 is 21.6 Å². The largest absolute Gasteiger partial charge is 0.457 e. The molecule has 4 rings (SSSR count). The molecule has 0 bridgehead atoms. The maximum absolute atomic E-state index is 12.9. The summed E-state index contributed by atoms with van der Waals surface area (Å²) in [5.41, 5.74) is 1.13. The van der Waals surface area contributed by atoms with Gasteiger partial charge in [-0.15, -0.1) is 0 Å². The summed E-state index contributed by atoms with van der Waals surface area (Å²) in [4.78, 5) is 2.43. The molecule has 1 heterocycles. The highest BCUT2D eigenvalue weighted by Gasteiger charge is 2.28. The fourth-order valence-electron chi connectivity index (χ4n) is 3.68. The van der Waals surface area contributed by atoms with Gasteiger partial charge in [0.25, 0.3) is 0 Å². The Morgan fingerprint density at radius 1 is 0.697 bits per heavy atom. The summed E-state index contributed by atoms with van der Waals surface area (Å²) in [6, 6.07) is 22.9. The van der Waals surface area contributed by atoms with E-state index in [-0.39, 0.29) is 9.79 Å². The normalized spacial score (nSPS) is 15.9. The van der Waals surface area contributed by atoms with Gasteiger partial charge in [0.05, 0.1) is 9.79 Å².